The fourth-order valence-electron chi connectivity index (χ4n) is 2.91. The van der Waals surface area contributed by atoms with Gasteiger partial charge in [-0.2, -0.15) is 0 Å². The number of rotatable bonds is 6. The molecule has 1 atom stereocenters. The zero-order chi connectivity index (χ0) is 15.2. The predicted molar refractivity (Wildman–Crippen MR) is 80.0 cm³/mol. The Balaban J connectivity index is 1.91. The number of anilines is 1. The Bertz CT molecular complexity index is 453. The third-order valence-electron chi connectivity index (χ3n) is 3.83. The van der Waals surface area contributed by atoms with Crippen LogP contribution in [-0.4, -0.2) is 46.3 Å². The number of aliphatic hydroxyl groups excluding tert-OH is 1. The zero-order valence-corrected chi connectivity index (χ0v) is 12.8. The highest BCUT2D eigenvalue weighted by Crippen LogP contribution is 2.22. The van der Waals surface area contributed by atoms with E-state index in [9.17, 15) is 9.90 Å². The maximum Gasteiger partial charge on any atom is 0.240 e. The minimum absolute atomic E-state index is 0.127. The van der Waals surface area contributed by atoms with E-state index in [0.29, 0.717) is 18.5 Å². The fraction of sp³-hybridized carbons (Fsp3) is 0.733. The van der Waals surface area contributed by atoms with Gasteiger partial charge >= 0.3 is 0 Å². The summed E-state index contributed by atoms with van der Waals surface area (Å²) in [5.74, 6) is 0.246. The Morgan fingerprint density at radius 3 is 2.81 bits per heavy atom. The zero-order valence-electron chi connectivity index (χ0n) is 12.8. The molecule has 1 aromatic heterocycles. The standard InChI is InChI=1S/C15H25N3O3/c1-11-8-15(21-17-11)16-14(20)10-18(9-12(2)19)13-6-4-3-5-7-13/h8,12-13,19H,3-7,9-10H2,1-2H3,(H,16,20). The third-order valence-corrected chi connectivity index (χ3v) is 3.83. The number of aromatic nitrogens is 1. The molecule has 1 aliphatic rings. The average molecular weight is 295 g/mol. The van der Waals surface area contributed by atoms with Crippen LogP contribution in [0.2, 0.25) is 0 Å². The minimum atomic E-state index is -0.438. The largest absolute Gasteiger partial charge is 0.392 e. The molecule has 6 nitrogen and oxygen atoms in total. The molecule has 118 valence electrons. The molecule has 1 saturated carbocycles. The highest BCUT2D eigenvalue weighted by atomic mass is 16.5. The highest BCUT2D eigenvalue weighted by Gasteiger charge is 2.24. The molecule has 0 aliphatic heterocycles. The molecule has 0 aromatic carbocycles. The van der Waals surface area contributed by atoms with Crippen LogP contribution in [0.25, 0.3) is 0 Å². The van der Waals surface area contributed by atoms with Crippen molar-refractivity contribution >= 4 is 11.8 Å². The average Bonchev–Trinajstić information content (AvgIpc) is 2.83. The van der Waals surface area contributed by atoms with Gasteiger partial charge in [0, 0.05) is 18.7 Å². The van der Waals surface area contributed by atoms with Gasteiger partial charge in [0.2, 0.25) is 11.8 Å². The van der Waals surface area contributed by atoms with Gasteiger partial charge in [0.05, 0.1) is 18.3 Å². The molecule has 0 spiro atoms. The SMILES string of the molecule is Cc1cc(NC(=O)CN(CC(C)O)C2CCCCC2)on1. The van der Waals surface area contributed by atoms with Crippen LogP contribution in [0.1, 0.15) is 44.7 Å². The van der Waals surface area contributed by atoms with Gasteiger partial charge in [0.25, 0.3) is 0 Å². The molecule has 1 fully saturated rings. The molecule has 1 amide bonds. The van der Waals surface area contributed by atoms with E-state index in [4.69, 9.17) is 4.52 Å². The van der Waals surface area contributed by atoms with Crippen LogP contribution >= 0.6 is 0 Å². The van der Waals surface area contributed by atoms with E-state index in [1.807, 2.05) is 0 Å². The Kier molecular flexibility index (Phi) is 5.76. The molecule has 21 heavy (non-hydrogen) atoms. The van der Waals surface area contributed by atoms with Gasteiger partial charge in [-0.25, -0.2) is 0 Å². The summed E-state index contributed by atoms with van der Waals surface area (Å²) in [5.41, 5.74) is 0.735. The molecule has 2 N–H and O–H groups in total. The van der Waals surface area contributed by atoms with Crippen molar-refractivity contribution in [3.8, 4) is 0 Å². The third kappa shape index (κ3) is 5.13. The molecule has 0 saturated heterocycles. The van der Waals surface area contributed by atoms with Crippen molar-refractivity contribution in [2.75, 3.05) is 18.4 Å². The molecule has 6 heteroatoms. The lowest BCUT2D eigenvalue weighted by Gasteiger charge is -2.34. The first kappa shape index (κ1) is 16.0. The normalized spacial score (nSPS) is 17.9. The molecule has 1 unspecified atom stereocenters. The Labute approximate surface area is 125 Å². The Morgan fingerprint density at radius 2 is 2.24 bits per heavy atom. The number of nitrogens with zero attached hydrogens (tertiary/aromatic N) is 2. The molecule has 0 radical (unpaired) electrons. The van der Waals surface area contributed by atoms with Crippen LogP contribution in [0, 0.1) is 6.92 Å². The first-order valence-electron chi connectivity index (χ1n) is 7.70. The Hall–Kier alpha value is -1.40. The quantitative estimate of drug-likeness (QED) is 0.838. The summed E-state index contributed by atoms with van der Waals surface area (Å²) in [6.45, 7) is 4.36. The lowest BCUT2D eigenvalue weighted by molar-refractivity contribution is -0.118. The van der Waals surface area contributed by atoms with E-state index in [1.54, 1.807) is 19.9 Å². The summed E-state index contributed by atoms with van der Waals surface area (Å²) in [5, 5.41) is 16.1. The molecule has 0 bridgehead atoms. The molecule has 1 aliphatic carbocycles. The molecule has 1 heterocycles. The van der Waals surface area contributed by atoms with Gasteiger partial charge in [-0.1, -0.05) is 24.4 Å². The summed E-state index contributed by atoms with van der Waals surface area (Å²) >= 11 is 0. The van der Waals surface area contributed by atoms with Gasteiger partial charge in [-0.3, -0.25) is 15.0 Å². The van der Waals surface area contributed by atoms with E-state index in [0.717, 1.165) is 18.5 Å². The van der Waals surface area contributed by atoms with Gasteiger partial charge in [0.1, 0.15) is 0 Å². The van der Waals surface area contributed by atoms with Crippen LogP contribution in [0.5, 0.6) is 0 Å². The van der Waals surface area contributed by atoms with Gasteiger partial charge < -0.3 is 9.63 Å². The van der Waals surface area contributed by atoms with Gasteiger partial charge in [-0.15, -0.1) is 0 Å². The van der Waals surface area contributed by atoms with Crippen LogP contribution in [0.3, 0.4) is 0 Å². The number of aryl methyl sites for hydroxylation is 1. The number of carbonyl (C=O) groups is 1. The number of carbonyl (C=O) groups excluding carboxylic acids is 1. The van der Waals surface area contributed by atoms with E-state index in [2.05, 4.69) is 15.4 Å². The second kappa shape index (κ2) is 7.56. The van der Waals surface area contributed by atoms with E-state index in [1.165, 1.54) is 19.3 Å². The summed E-state index contributed by atoms with van der Waals surface area (Å²) in [7, 11) is 0. The number of hydrogen-bond donors (Lipinski definition) is 2. The van der Waals surface area contributed by atoms with Crippen LogP contribution in [0.4, 0.5) is 5.88 Å². The fourth-order valence-corrected chi connectivity index (χ4v) is 2.91. The topological polar surface area (TPSA) is 78.6 Å². The molecular formula is C15H25N3O3. The van der Waals surface area contributed by atoms with Crippen molar-refractivity contribution in [3.05, 3.63) is 11.8 Å². The van der Waals surface area contributed by atoms with Crippen LogP contribution < -0.4 is 5.32 Å². The second-order valence-electron chi connectivity index (χ2n) is 5.95. The van der Waals surface area contributed by atoms with Gasteiger partial charge in [0.15, 0.2) is 0 Å². The molecular weight excluding hydrogens is 270 g/mol. The maximum absolute atomic E-state index is 12.1. The summed E-state index contributed by atoms with van der Waals surface area (Å²) in [6.07, 6.45) is 5.42. The first-order valence-corrected chi connectivity index (χ1v) is 7.70. The van der Waals surface area contributed by atoms with Crippen LogP contribution in [-0.2, 0) is 4.79 Å². The summed E-state index contributed by atoms with van der Waals surface area (Å²) in [4.78, 5) is 14.2. The summed E-state index contributed by atoms with van der Waals surface area (Å²) in [6, 6.07) is 2.08. The lowest BCUT2D eigenvalue weighted by Crippen LogP contribution is -2.45. The minimum Gasteiger partial charge on any atom is -0.392 e. The van der Waals surface area contributed by atoms with Crippen molar-refractivity contribution < 1.29 is 14.4 Å². The number of nitrogens with one attached hydrogen (secondary N) is 1. The molecule has 1 aromatic rings. The first-order chi connectivity index (χ1) is 10.0. The van der Waals surface area contributed by atoms with Crippen molar-refractivity contribution in [3.63, 3.8) is 0 Å². The van der Waals surface area contributed by atoms with Gasteiger partial charge in [-0.05, 0) is 26.7 Å². The van der Waals surface area contributed by atoms with E-state index >= 15 is 0 Å². The monoisotopic (exact) mass is 295 g/mol. The van der Waals surface area contributed by atoms with E-state index < -0.39 is 6.10 Å². The highest BCUT2D eigenvalue weighted by molar-refractivity contribution is 5.91. The number of amides is 1. The molecule has 2 rings (SSSR count). The summed E-state index contributed by atoms with van der Waals surface area (Å²) < 4.78 is 4.99. The van der Waals surface area contributed by atoms with Crippen molar-refractivity contribution in [2.24, 2.45) is 0 Å². The Morgan fingerprint density at radius 1 is 1.52 bits per heavy atom. The van der Waals surface area contributed by atoms with E-state index in [-0.39, 0.29) is 12.5 Å². The van der Waals surface area contributed by atoms with Crippen molar-refractivity contribution in [1.82, 2.24) is 10.1 Å². The number of aliphatic hydroxyl groups is 1. The van der Waals surface area contributed by atoms with Crippen molar-refractivity contribution in [2.45, 2.75) is 58.1 Å². The predicted octanol–water partition coefficient (Wildman–Crippen LogP) is 1.94. The number of hydrogen-bond acceptors (Lipinski definition) is 5. The van der Waals surface area contributed by atoms with Crippen molar-refractivity contribution in [1.29, 1.82) is 0 Å². The van der Waals surface area contributed by atoms with Crippen LogP contribution in [0.15, 0.2) is 10.6 Å². The lowest BCUT2D eigenvalue weighted by atomic mass is 9.94. The maximum atomic E-state index is 12.1. The smallest absolute Gasteiger partial charge is 0.240 e. The second-order valence-corrected chi connectivity index (χ2v) is 5.95.